The van der Waals surface area contributed by atoms with Crippen LogP contribution in [0.2, 0.25) is 0 Å². The molecule has 2 aliphatic rings. The van der Waals surface area contributed by atoms with Crippen molar-refractivity contribution in [2.24, 2.45) is 5.92 Å². The van der Waals surface area contributed by atoms with E-state index in [1.807, 2.05) is 12.1 Å². The van der Waals surface area contributed by atoms with Crippen molar-refractivity contribution in [2.45, 2.75) is 24.8 Å². The lowest BCUT2D eigenvalue weighted by Crippen LogP contribution is -2.32. The number of fused-ring (bicyclic) bond motifs is 3. The average Bonchev–Trinajstić information content (AvgIpc) is 2.83. The van der Waals surface area contributed by atoms with E-state index in [1.54, 1.807) is 0 Å². The summed E-state index contributed by atoms with van der Waals surface area (Å²) in [6.07, 6.45) is 2.59. The van der Waals surface area contributed by atoms with Crippen molar-refractivity contribution in [3.8, 4) is 0 Å². The Morgan fingerprint density at radius 1 is 0.950 bits per heavy atom. The summed E-state index contributed by atoms with van der Waals surface area (Å²) in [6.45, 7) is 1.14. The Balaban J connectivity index is 1.83. The molecule has 20 heavy (non-hydrogen) atoms. The monoisotopic (exact) mass is 264 g/mol. The molecule has 1 saturated heterocycles. The first-order chi connectivity index (χ1) is 9.84. The van der Waals surface area contributed by atoms with Crippen LogP contribution < -0.4 is 11.1 Å². The van der Waals surface area contributed by atoms with Gasteiger partial charge in [-0.05, 0) is 54.1 Å². The van der Waals surface area contributed by atoms with Crippen LogP contribution in [0.25, 0.3) is 0 Å². The summed E-state index contributed by atoms with van der Waals surface area (Å²) in [5, 5.41) is 3.72. The molecule has 3 atom stereocenters. The van der Waals surface area contributed by atoms with Gasteiger partial charge in [0, 0.05) is 17.6 Å². The summed E-state index contributed by atoms with van der Waals surface area (Å²) < 4.78 is 0. The maximum absolute atomic E-state index is 5.84. The molecule has 4 rings (SSSR count). The van der Waals surface area contributed by atoms with Crippen molar-refractivity contribution in [2.75, 3.05) is 12.3 Å². The molecule has 3 N–H and O–H groups in total. The van der Waals surface area contributed by atoms with E-state index in [2.05, 4.69) is 41.7 Å². The number of anilines is 1. The first kappa shape index (κ1) is 12.0. The Morgan fingerprint density at radius 3 is 2.50 bits per heavy atom. The molecule has 2 aromatic carbocycles. The molecule has 102 valence electrons. The van der Waals surface area contributed by atoms with Gasteiger partial charge in [0.15, 0.2) is 0 Å². The summed E-state index contributed by atoms with van der Waals surface area (Å²) >= 11 is 0. The molecule has 0 amide bonds. The van der Waals surface area contributed by atoms with Gasteiger partial charge in [0.2, 0.25) is 0 Å². The van der Waals surface area contributed by atoms with Crippen molar-refractivity contribution >= 4 is 5.69 Å². The Labute approximate surface area is 120 Å². The zero-order valence-corrected chi connectivity index (χ0v) is 11.5. The van der Waals surface area contributed by atoms with Crippen molar-refractivity contribution in [1.82, 2.24) is 5.32 Å². The van der Waals surface area contributed by atoms with Crippen molar-refractivity contribution in [3.63, 3.8) is 0 Å². The first-order valence-corrected chi connectivity index (χ1v) is 7.52. The third-order valence-electron chi connectivity index (χ3n) is 4.90. The van der Waals surface area contributed by atoms with Gasteiger partial charge in [0.1, 0.15) is 0 Å². The van der Waals surface area contributed by atoms with Crippen LogP contribution in [0.1, 0.15) is 41.5 Å². The lowest BCUT2D eigenvalue weighted by atomic mass is 9.80. The summed E-state index contributed by atoms with van der Waals surface area (Å²) in [5.74, 6) is 1.20. The van der Waals surface area contributed by atoms with Crippen LogP contribution in [0, 0.1) is 5.92 Å². The maximum Gasteiger partial charge on any atom is 0.0360 e. The van der Waals surface area contributed by atoms with Crippen molar-refractivity contribution in [3.05, 3.63) is 65.2 Å². The minimum Gasteiger partial charge on any atom is -0.399 e. The molecule has 1 fully saturated rings. The molecule has 2 aromatic rings. The van der Waals surface area contributed by atoms with E-state index in [0.717, 1.165) is 12.2 Å². The fourth-order valence-electron chi connectivity index (χ4n) is 4.05. The Bertz CT molecular complexity index is 618. The van der Waals surface area contributed by atoms with Crippen LogP contribution in [-0.2, 0) is 0 Å². The van der Waals surface area contributed by atoms with E-state index >= 15 is 0 Å². The second-order valence-corrected chi connectivity index (χ2v) is 6.01. The van der Waals surface area contributed by atoms with Gasteiger partial charge in [0.05, 0.1) is 0 Å². The number of nitrogens with two attached hydrogens (primary N) is 1. The molecule has 0 bridgehead atoms. The molecule has 0 spiro atoms. The quantitative estimate of drug-likeness (QED) is 0.774. The zero-order valence-electron chi connectivity index (χ0n) is 11.5. The molecule has 1 heterocycles. The second-order valence-electron chi connectivity index (χ2n) is 6.01. The van der Waals surface area contributed by atoms with Crippen LogP contribution in [0.5, 0.6) is 0 Å². The third-order valence-corrected chi connectivity index (χ3v) is 4.90. The number of nitrogens with one attached hydrogen (secondary N) is 1. The third kappa shape index (κ3) is 1.75. The van der Waals surface area contributed by atoms with Crippen LogP contribution in [0.3, 0.4) is 0 Å². The predicted octanol–water partition coefficient (Wildman–Crippen LogP) is 3.46. The molecule has 0 aromatic heterocycles. The Kier molecular flexibility index (Phi) is 2.78. The lowest BCUT2D eigenvalue weighted by molar-refractivity contribution is 0.287. The second kappa shape index (κ2) is 4.64. The summed E-state index contributed by atoms with van der Waals surface area (Å²) in [4.78, 5) is 0. The number of hydrogen-bond donors (Lipinski definition) is 2. The van der Waals surface area contributed by atoms with E-state index in [4.69, 9.17) is 5.73 Å². The summed E-state index contributed by atoms with van der Waals surface area (Å²) in [6, 6.07) is 17.9. The number of rotatable bonds is 1. The molecule has 0 saturated carbocycles. The van der Waals surface area contributed by atoms with E-state index in [9.17, 15) is 0 Å². The van der Waals surface area contributed by atoms with Crippen molar-refractivity contribution < 1.29 is 0 Å². The van der Waals surface area contributed by atoms with Crippen LogP contribution >= 0.6 is 0 Å². The van der Waals surface area contributed by atoms with Gasteiger partial charge in [-0.15, -0.1) is 0 Å². The topological polar surface area (TPSA) is 38.0 Å². The highest BCUT2D eigenvalue weighted by Crippen LogP contribution is 2.51. The van der Waals surface area contributed by atoms with E-state index in [-0.39, 0.29) is 0 Å². The summed E-state index contributed by atoms with van der Waals surface area (Å²) in [7, 11) is 0. The SMILES string of the molecule is Nc1ccc([C@@H]2c3ccccc3[C@@H]3NCCC[C@H]23)cc1. The highest BCUT2D eigenvalue weighted by molar-refractivity contribution is 5.49. The molecule has 0 unspecified atom stereocenters. The minimum absolute atomic E-state index is 0.518. The number of hydrogen-bond acceptors (Lipinski definition) is 2. The largest absolute Gasteiger partial charge is 0.399 e. The molecule has 1 aliphatic heterocycles. The highest BCUT2D eigenvalue weighted by atomic mass is 14.9. The standard InChI is InChI=1S/C18H20N2/c19-13-9-7-12(8-10-13)17-14-4-1-2-5-15(14)18-16(17)6-3-11-20-18/h1-2,4-5,7-10,16-18,20H,3,6,11,19H2/t16-,17-,18+/m1/s1. The van der Waals surface area contributed by atoms with E-state index in [1.165, 1.54) is 29.5 Å². The van der Waals surface area contributed by atoms with Crippen LogP contribution in [0.15, 0.2) is 48.5 Å². The zero-order chi connectivity index (χ0) is 13.5. The van der Waals surface area contributed by atoms with E-state index < -0.39 is 0 Å². The fraction of sp³-hybridized carbons (Fsp3) is 0.333. The molecule has 2 nitrogen and oxygen atoms in total. The minimum atomic E-state index is 0.518. The average molecular weight is 264 g/mol. The number of benzene rings is 2. The summed E-state index contributed by atoms with van der Waals surface area (Å²) in [5.41, 5.74) is 11.1. The van der Waals surface area contributed by atoms with Gasteiger partial charge in [0.25, 0.3) is 0 Å². The van der Waals surface area contributed by atoms with Crippen LogP contribution in [0.4, 0.5) is 5.69 Å². The molecular formula is C18H20N2. The lowest BCUT2D eigenvalue weighted by Gasteiger charge is -2.31. The van der Waals surface area contributed by atoms with Gasteiger partial charge >= 0.3 is 0 Å². The van der Waals surface area contributed by atoms with Gasteiger partial charge in [-0.25, -0.2) is 0 Å². The predicted molar refractivity (Wildman–Crippen MR) is 82.6 cm³/mol. The normalized spacial score (nSPS) is 27.9. The number of piperidine rings is 1. The highest BCUT2D eigenvalue weighted by Gasteiger charge is 2.41. The first-order valence-electron chi connectivity index (χ1n) is 7.52. The van der Waals surface area contributed by atoms with Crippen molar-refractivity contribution in [1.29, 1.82) is 0 Å². The number of nitrogen functional groups attached to an aromatic ring is 1. The molecule has 0 radical (unpaired) electrons. The Hall–Kier alpha value is -1.80. The molecule has 2 heteroatoms. The van der Waals surface area contributed by atoms with Gasteiger partial charge in [-0.1, -0.05) is 36.4 Å². The van der Waals surface area contributed by atoms with Crippen LogP contribution in [-0.4, -0.2) is 6.54 Å². The maximum atomic E-state index is 5.84. The smallest absolute Gasteiger partial charge is 0.0360 e. The molecule has 1 aliphatic carbocycles. The van der Waals surface area contributed by atoms with Gasteiger partial charge in [-0.3, -0.25) is 0 Å². The molecular weight excluding hydrogens is 244 g/mol. The van der Waals surface area contributed by atoms with Gasteiger partial charge < -0.3 is 11.1 Å². The van der Waals surface area contributed by atoms with E-state index in [0.29, 0.717) is 17.9 Å². The fourth-order valence-corrected chi connectivity index (χ4v) is 4.05. The van der Waals surface area contributed by atoms with Gasteiger partial charge in [-0.2, -0.15) is 0 Å². The Morgan fingerprint density at radius 2 is 1.70 bits per heavy atom.